The highest BCUT2D eigenvalue weighted by molar-refractivity contribution is 6.31. The van der Waals surface area contributed by atoms with E-state index in [-0.39, 0.29) is 75.5 Å². The molecule has 70 heavy (non-hydrogen) atoms. The molecule has 372 valence electrons. The van der Waals surface area contributed by atoms with Gasteiger partial charge in [-0.1, -0.05) is 35.3 Å². The molecule has 0 saturated carbocycles. The number of aromatic nitrogens is 4. The quantitative estimate of drug-likeness (QED) is 0.130. The molecule has 4 heterocycles. The Labute approximate surface area is 418 Å². The summed E-state index contributed by atoms with van der Waals surface area (Å²) in [7, 11) is 2.93. The van der Waals surface area contributed by atoms with Crippen LogP contribution in [0.5, 0.6) is 23.0 Å². The summed E-state index contributed by atoms with van der Waals surface area (Å²) in [6.07, 6.45) is 1.17. The molecule has 2 fully saturated rings. The molecule has 2 unspecified atom stereocenters. The third-order valence-corrected chi connectivity index (χ3v) is 11.5. The van der Waals surface area contributed by atoms with E-state index in [4.69, 9.17) is 46.9 Å². The van der Waals surface area contributed by atoms with Gasteiger partial charge in [0.05, 0.1) is 52.7 Å². The zero-order valence-corrected chi connectivity index (χ0v) is 41.5. The lowest BCUT2D eigenvalue weighted by Crippen LogP contribution is -2.56. The highest BCUT2D eigenvalue weighted by Gasteiger charge is 2.34. The number of hydrogen-bond donors (Lipinski definition) is 3. The average molecular weight is 1030 g/mol. The summed E-state index contributed by atoms with van der Waals surface area (Å²) in [5, 5.41) is 10.0. The fourth-order valence-electron chi connectivity index (χ4n) is 7.40. The van der Waals surface area contributed by atoms with Gasteiger partial charge in [0, 0.05) is 68.2 Å². The molecule has 4 aromatic carbocycles. The molecule has 0 bridgehead atoms. The molecule has 2 aliphatic rings. The van der Waals surface area contributed by atoms with Crippen LogP contribution in [0.1, 0.15) is 34.6 Å². The smallest absolute Gasteiger partial charge is 0.415 e. The van der Waals surface area contributed by atoms with Gasteiger partial charge in [-0.15, -0.1) is 12.4 Å². The Morgan fingerprint density at radius 2 is 1.17 bits per heavy atom. The fourth-order valence-corrected chi connectivity index (χ4v) is 7.75. The van der Waals surface area contributed by atoms with Crippen LogP contribution in [0.4, 0.5) is 46.2 Å². The SMILES string of the molecule is COc1cc2ncnc(Nc3cccc(Cl)c3F)c2cc1OC(=O)N1CCN(C(=O)OC(C)(C)C)CC1C.COc1cc2ncnc(Nc3cccc(Cl)c3F)c2cc1OC(=O)N1CCNCC1C.Cl. The summed E-state index contributed by atoms with van der Waals surface area (Å²) >= 11 is 11.8. The van der Waals surface area contributed by atoms with E-state index < -0.39 is 35.5 Å². The number of benzene rings is 4. The summed E-state index contributed by atoms with van der Waals surface area (Å²) in [5.74, 6) is 0.388. The lowest BCUT2D eigenvalue weighted by atomic mass is 10.2. The van der Waals surface area contributed by atoms with Gasteiger partial charge in [0.25, 0.3) is 0 Å². The van der Waals surface area contributed by atoms with Crippen LogP contribution < -0.4 is 34.9 Å². The van der Waals surface area contributed by atoms with Crippen molar-refractivity contribution in [3.63, 3.8) is 0 Å². The molecule has 0 spiro atoms. The Morgan fingerprint density at radius 3 is 1.61 bits per heavy atom. The van der Waals surface area contributed by atoms with Crippen molar-refractivity contribution in [2.75, 3.05) is 64.1 Å². The van der Waals surface area contributed by atoms with Gasteiger partial charge in [0.15, 0.2) is 34.6 Å². The van der Waals surface area contributed by atoms with Crippen LogP contribution in [-0.4, -0.2) is 124 Å². The van der Waals surface area contributed by atoms with E-state index >= 15 is 0 Å². The van der Waals surface area contributed by atoms with Gasteiger partial charge in [-0.3, -0.25) is 0 Å². The van der Waals surface area contributed by atoms with Gasteiger partial charge < -0.3 is 54.3 Å². The van der Waals surface area contributed by atoms with Gasteiger partial charge in [-0.2, -0.15) is 0 Å². The maximum absolute atomic E-state index is 14.5. The van der Waals surface area contributed by atoms with Gasteiger partial charge in [0.1, 0.15) is 29.9 Å². The maximum atomic E-state index is 14.5. The number of anilines is 4. The Morgan fingerprint density at radius 1 is 0.686 bits per heavy atom. The molecule has 2 saturated heterocycles. The molecule has 23 heteroatoms. The number of rotatable bonds is 8. The molecule has 2 aliphatic heterocycles. The summed E-state index contributed by atoms with van der Waals surface area (Å²) in [4.78, 5) is 60.0. The molecule has 0 radical (unpaired) electrons. The van der Waals surface area contributed by atoms with E-state index in [1.165, 1.54) is 50.0 Å². The number of halogens is 5. The lowest BCUT2D eigenvalue weighted by Gasteiger charge is -2.39. The van der Waals surface area contributed by atoms with E-state index in [1.807, 2.05) is 13.8 Å². The van der Waals surface area contributed by atoms with Crippen LogP contribution in [0.2, 0.25) is 10.0 Å². The van der Waals surface area contributed by atoms with E-state index in [9.17, 15) is 23.2 Å². The molecule has 8 rings (SSSR count). The van der Waals surface area contributed by atoms with Crippen molar-refractivity contribution < 1.29 is 46.8 Å². The van der Waals surface area contributed by atoms with Crippen LogP contribution in [0, 0.1) is 11.6 Å². The maximum Gasteiger partial charge on any atom is 0.415 e. The second-order valence-corrected chi connectivity index (χ2v) is 17.7. The second kappa shape index (κ2) is 22.8. The number of amides is 3. The number of nitrogens with one attached hydrogen (secondary N) is 3. The normalized spacial score (nSPS) is 15.8. The summed E-state index contributed by atoms with van der Waals surface area (Å²) < 4.78 is 56.5. The predicted octanol–water partition coefficient (Wildman–Crippen LogP) is 10.0. The molecule has 0 aliphatic carbocycles. The van der Waals surface area contributed by atoms with Gasteiger partial charge >= 0.3 is 18.3 Å². The molecule has 2 aromatic heterocycles. The third kappa shape index (κ3) is 12.3. The van der Waals surface area contributed by atoms with Gasteiger partial charge in [0.2, 0.25) is 0 Å². The Hall–Kier alpha value is -6.74. The van der Waals surface area contributed by atoms with E-state index in [0.29, 0.717) is 66.1 Å². The predicted molar refractivity (Wildman–Crippen MR) is 264 cm³/mol. The molecular weight excluding hydrogens is 977 g/mol. The summed E-state index contributed by atoms with van der Waals surface area (Å²) in [5.41, 5.74) is 0.701. The number of nitrogens with zero attached hydrogens (tertiary/aromatic N) is 7. The summed E-state index contributed by atoms with van der Waals surface area (Å²) in [6, 6.07) is 15.3. The molecule has 6 aromatic rings. The van der Waals surface area contributed by atoms with E-state index in [2.05, 4.69) is 35.9 Å². The third-order valence-electron chi connectivity index (χ3n) is 10.9. The summed E-state index contributed by atoms with van der Waals surface area (Å²) in [6.45, 7) is 12.0. The van der Waals surface area contributed by atoms with Gasteiger partial charge in [-0.05, 0) is 71.0 Å². The van der Waals surface area contributed by atoms with Crippen molar-refractivity contribution in [2.24, 2.45) is 0 Å². The number of carbonyl (C=O) groups is 3. The zero-order chi connectivity index (χ0) is 49.6. The van der Waals surface area contributed by atoms with Crippen molar-refractivity contribution in [1.29, 1.82) is 0 Å². The fraction of sp³-hybridized carbons (Fsp3) is 0.340. The Balaban J connectivity index is 0.000000231. The number of methoxy groups -OCH3 is 2. The van der Waals surface area contributed by atoms with Gasteiger partial charge in [-0.25, -0.2) is 43.1 Å². The van der Waals surface area contributed by atoms with Crippen LogP contribution >= 0.6 is 35.6 Å². The molecular formula is C47H51Cl3F2N10O8. The van der Waals surface area contributed by atoms with Crippen molar-refractivity contribution in [3.05, 3.63) is 95.0 Å². The number of piperazine rings is 2. The second-order valence-electron chi connectivity index (χ2n) is 16.9. The first kappa shape index (κ1) is 52.6. The number of ether oxygens (including phenoxy) is 5. The largest absolute Gasteiger partial charge is 0.493 e. The highest BCUT2D eigenvalue weighted by Crippen LogP contribution is 2.38. The van der Waals surface area contributed by atoms with Crippen LogP contribution in [-0.2, 0) is 4.74 Å². The number of carbonyl (C=O) groups excluding carboxylic acids is 3. The number of hydrogen-bond acceptors (Lipinski definition) is 15. The van der Waals surface area contributed by atoms with Crippen LogP contribution in [0.3, 0.4) is 0 Å². The minimum atomic E-state index is -0.624. The lowest BCUT2D eigenvalue weighted by molar-refractivity contribution is 0.00781. The first-order valence-corrected chi connectivity index (χ1v) is 22.4. The van der Waals surface area contributed by atoms with Crippen molar-refractivity contribution in [3.8, 4) is 23.0 Å². The standard InChI is InChI=1S/C26H29ClFN5O5.C21H21ClFN5O3.ClH/c1-15-13-32(24(34)38-26(2,3)4)9-10-33(15)25(35)37-21-11-16-19(12-20(21)36-5)29-14-30-23(16)31-18-8-6-7-17(27)22(18)28;1-12-10-24-6-7-28(12)21(29)31-18-8-13-16(9-17(18)30-2)25-11-26-20(13)27-15-5-3-4-14(22)19(15)23;/h6-8,11-12,14-15H,9-10,13H2,1-5H3,(H,29,30,31);3-5,8-9,11-12,24H,6-7,10H2,1-2H3,(H,25,26,27);1H. The minimum Gasteiger partial charge on any atom is -0.493 e. The molecule has 2 atom stereocenters. The molecule has 18 nitrogen and oxygen atoms in total. The van der Waals surface area contributed by atoms with Crippen LogP contribution in [0.25, 0.3) is 21.8 Å². The van der Waals surface area contributed by atoms with Crippen molar-refractivity contribution in [2.45, 2.75) is 52.3 Å². The Kier molecular flexibility index (Phi) is 17.1. The van der Waals surface area contributed by atoms with Crippen molar-refractivity contribution >= 4 is 98.7 Å². The molecule has 3 amide bonds. The first-order valence-electron chi connectivity index (χ1n) is 21.7. The molecule has 3 N–H and O–H groups in total. The average Bonchev–Trinajstić information content (AvgIpc) is 3.31. The first-order chi connectivity index (χ1) is 32.9. The Bertz CT molecular complexity index is 2880. The number of fused-ring (bicyclic) bond motifs is 2. The zero-order valence-electron chi connectivity index (χ0n) is 39.1. The van der Waals surface area contributed by atoms with Crippen LogP contribution in [0.15, 0.2) is 73.3 Å². The monoisotopic (exact) mass is 1030 g/mol. The highest BCUT2D eigenvalue weighted by atomic mass is 35.5. The van der Waals surface area contributed by atoms with Crippen molar-refractivity contribution in [1.82, 2.24) is 40.0 Å². The van der Waals surface area contributed by atoms with E-state index in [1.54, 1.807) is 73.0 Å². The van der Waals surface area contributed by atoms with E-state index in [0.717, 1.165) is 0 Å². The topological polar surface area (TPSA) is 195 Å². The minimum absolute atomic E-state index is 0.